The first-order chi connectivity index (χ1) is 15.8. The second-order valence-corrected chi connectivity index (χ2v) is 8.25. The Morgan fingerprint density at radius 3 is 2.12 bits per heavy atom. The van der Waals surface area contributed by atoms with Crippen LogP contribution in [0.15, 0.2) is 42.5 Å². The lowest BCUT2D eigenvalue weighted by atomic mass is 9.96. The molecule has 7 atom stereocenters. The number of carbonyl (C=O) groups excluding carboxylic acids is 3. The van der Waals surface area contributed by atoms with Gasteiger partial charge >= 0.3 is 17.9 Å². The van der Waals surface area contributed by atoms with Crippen LogP contribution in [0.25, 0.3) is 0 Å². The van der Waals surface area contributed by atoms with E-state index in [4.69, 9.17) is 23.7 Å². The average Bonchev–Trinajstić information content (AvgIpc) is 2.83. The molecule has 1 N–H and O–H groups in total. The number of hydrogen-bond acceptors (Lipinski definition) is 9. The molecule has 1 saturated heterocycles. The van der Waals surface area contributed by atoms with Crippen LogP contribution >= 0.6 is 0 Å². The Kier molecular flexibility index (Phi) is 8.60. The van der Waals surface area contributed by atoms with E-state index in [1.807, 2.05) is 12.2 Å². The van der Waals surface area contributed by atoms with Gasteiger partial charge in [-0.15, -0.1) is 0 Å². The van der Waals surface area contributed by atoms with Crippen LogP contribution in [0.2, 0.25) is 0 Å². The molecule has 1 aromatic carbocycles. The topological polar surface area (TPSA) is 118 Å². The summed E-state index contributed by atoms with van der Waals surface area (Å²) in [7, 11) is 1.33. The fraction of sp³-hybridized carbons (Fsp3) is 0.542. The average molecular weight is 462 g/mol. The number of allylic oxidation sites excluding steroid dienone is 2. The van der Waals surface area contributed by atoms with Crippen molar-refractivity contribution in [3.63, 3.8) is 0 Å². The van der Waals surface area contributed by atoms with E-state index in [1.54, 1.807) is 44.2 Å². The lowest BCUT2D eigenvalue weighted by Crippen LogP contribution is -2.63. The molecular formula is C24H30O9. The first-order valence-corrected chi connectivity index (χ1v) is 11.0. The summed E-state index contributed by atoms with van der Waals surface area (Å²) in [6.45, 7) is 2.89. The molecule has 1 fully saturated rings. The van der Waals surface area contributed by atoms with E-state index < -0.39 is 67.1 Å². The third-order valence-electron chi connectivity index (χ3n) is 5.71. The highest BCUT2D eigenvalue weighted by molar-refractivity contribution is 5.89. The van der Waals surface area contributed by atoms with Gasteiger partial charge in [0.2, 0.25) is 0 Å². The highest BCUT2D eigenvalue weighted by Gasteiger charge is 2.53. The van der Waals surface area contributed by atoms with Crippen molar-refractivity contribution < 1.29 is 43.2 Å². The van der Waals surface area contributed by atoms with Crippen LogP contribution in [-0.2, 0) is 33.3 Å². The molecule has 0 aliphatic carbocycles. The number of hydrogen-bond donors (Lipinski definition) is 1. The lowest BCUT2D eigenvalue weighted by molar-refractivity contribution is -0.299. The number of ether oxygens (including phenoxy) is 5. The van der Waals surface area contributed by atoms with Gasteiger partial charge in [-0.25, -0.2) is 4.79 Å². The van der Waals surface area contributed by atoms with Crippen molar-refractivity contribution >= 4 is 17.9 Å². The predicted octanol–water partition coefficient (Wildman–Crippen LogP) is 2.02. The third-order valence-corrected chi connectivity index (χ3v) is 5.71. The Morgan fingerprint density at radius 2 is 1.58 bits per heavy atom. The minimum atomic E-state index is -1.25. The third kappa shape index (κ3) is 5.98. The first-order valence-electron chi connectivity index (χ1n) is 11.0. The van der Waals surface area contributed by atoms with Crippen LogP contribution in [0, 0.1) is 11.8 Å². The van der Waals surface area contributed by atoms with Crippen molar-refractivity contribution in [1.82, 2.24) is 0 Å². The molecule has 0 spiro atoms. The molecule has 3 rings (SSSR count). The van der Waals surface area contributed by atoms with Crippen molar-refractivity contribution in [3.8, 4) is 0 Å². The van der Waals surface area contributed by atoms with Crippen LogP contribution in [-0.4, -0.2) is 67.4 Å². The molecule has 0 amide bonds. The SMILES string of the molecule is CO[C@H]1O[C@H](CO)[C@H]2OC(=O)[C@H](C)CC=CC[C@@H](C)C(=O)O[C@@H]2[C@@H]1OC(=O)c1ccccc1. The zero-order valence-electron chi connectivity index (χ0n) is 18.9. The van der Waals surface area contributed by atoms with Crippen LogP contribution in [0.3, 0.4) is 0 Å². The number of rotatable bonds is 4. The number of aliphatic hydroxyl groups excluding tert-OH is 1. The number of esters is 3. The van der Waals surface area contributed by atoms with Gasteiger partial charge in [0.15, 0.2) is 24.6 Å². The maximum absolute atomic E-state index is 12.8. The summed E-state index contributed by atoms with van der Waals surface area (Å²) >= 11 is 0. The van der Waals surface area contributed by atoms with Gasteiger partial charge in [0.1, 0.15) is 6.10 Å². The smallest absolute Gasteiger partial charge is 0.338 e. The van der Waals surface area contributed by atoms with E-state index in [9.17, 15) is 19.5 Å². The van der Waals surface area contributed by atoms with Gasteiger partial charge in [0, 0.05) is 7.11 Å². The Morgan fingerprint density at radius 1 is 1.00 bits per heavy atom. The monoisotopic (exact) mass is 462 g/mol. The zero-order valence-corrected chi connectivity index (χ0v) is 18.9. The number of benzene rings is 1. The predicted molar refractivity (Wildman–Crippen MR) is 115 cm³/mol. The Labute approximate surface area is 192 Å². The van der Waals surface area contributed by atoms with Gasteiger partial charge in [-0.05, 0) is 25.0 Å². The van der Waals surface area contributed by atoms with Crippen LogP contribution in [0.5, 0.6) is 0 Å². The number of fused-ring (bicyclic) bond motifs is 1. The molecule has 2 aliphatic rings. The molecule has 0 aromatic heterocycles. The molecule has 33 heavy (non-hydrogen) atoms. The first kappa shape index (κ1) is 24.9. The van der Waals surface area contributed by atoms with Gasteiger partial charge < -0.3 is 28.8 Å². The Balaban J connectivity index is 1.97. The van der Waals surface area contributed by atoms with Crippen LogP contribution < -0.4 is 0 Å². The summed E-state index contributed by atoms with van der Waals surface area (Å²) in [6, 6.07) is 8.27. The highest BCUT2D eigenvalue weighted by Crippen LogP contribution is 2.31. The molecule has 0 radical (unpaired) electrons. The van der Waals surface area contributed by atoms with Gasteiger partial charge in [0.25, 0.3) is 0 Å². The molecule has 0 saturated carbocycles. The minimum Gasteiger partial charge on any atom is -0.455 e. The second kappa shape index (κ2) is 11.4. The molecule has 0 unspecified atom stereocenters. The summed E-state index contributed by atoms with van der Waals surface area (Å²) in [4.78, 5) is 38.4. The fourth-order valence-corrected chi connectivity index (χ4v) is 3.68. The summed E-state index contributed by atoms with van der Waals surface area (Å²) in [5, 5.41) is 9.92. The van der Waals surface area contributed by atoms with Gasteiger partial charge in [0.05, 0.1) is 24.0 Å². The second-order valence-electron chi connectivity index (χ2n) is 8.25. The minimum absolute atomic E-state index is 0.275. The Bertz CT molecular complexity index is 853. The van der Waals surface area contributed by atoms with E-state index in [-0.39, 0.29) is 5.56 Å². The molecule has 9 nitrogen and oxygen atoms in total. The van der Waals surface area contributed by atoms with Crippen molar-refractivity contribution in [1.29, 1.82) is 0 Å². The van der Waals surface area contributed by atoms with Crippen molar-refractivity contribution in [2.24, 2.45) is 11.8 Å². The van der Waals surface area contributed by atoms with E-state index in [1.165, 1.54) is 7.11 Å². The summed E-state index contributed by atoms with van der Waals surface area (Å²) in [6.07, 6.45) is -1.43. The molecule has 0 bridgehead atoms. The van der Waals surface area contributed by atoms with Gasteiger partial charge in [-0.3, -0.25) is 9.59 Å². The highest BCUT2D eigenvalue weighted by atomic mass is 16.7. The van der Waals surface area contributed by atoms with Crippen molar-refractivity contribution in [2.75, 3.05) is 13.7 Å². The largest absolute Gasteiger partial charge is 0.455 e. The molecule has 2 aliphatic heterocycles. The molecule has 180 valence electrons. The van der Waals surface area contributed by atoms with Crippen molar-refractivity contribution in [3.05, 3.63) is 48.0 Å². The zero-order chi connectivity index (χ0) is 24.0. The van der Waals surface area contributed by atoms with E-state index in [2.05, 4.69) is 0 Å². The lowest BCUT2D eigenvalue weighted by Gasteiger charge is -2.44. The number of aliphatic hydroxyl groups is 1. The van der Waals surface area contributed by atoms with Gasteiger partial charge in [-0.1, -0.05) is 44.2 Å². The van der Waals surface area contributed by atoms with Gasteiger partial charge in [-0.2, -0.15) is 0 Å². The van der Waals surface area contributed by atoms with E-state index in [0.29, 0.717) is 12.8 Å². The maximum Gasteiger partial charge on any atom is 0.338 e. The van der Waals surface area contributed by atoms with Crippen LogP contribution in [0.4, 0.5) is 0 Å². The number of methoxy groups -OCH3 is 1. The Hall–Kier alpha value is -2.75. The van der Waals surface area contributed by atoms with Crippen molar-refractivity contribution in [2.45, 2.75) is 57.4 Å². The summed E-state index contributed by atoms with van der Waals surface area (Å²) in [5.41, 5.74) is 0.275. The molecule has 9 heteroatoms. The summed E-state index contributed by atoms with van der Waals surface area (Å²) in [5.74, 6) is -2.77. The molecule has 2 heterocycles. The quantitative estimate of drug-likeness (QED) is 0.407. The van der Waals surface area contributed by atoms with E-state index in [0.717, 1.165) is 0 Å². The maximum atomic E-state index is 12.8. The van der Waals surface area contributed by atoms with E-state index >= 15 is 0 Å². The standard InChI is InChI=1S/C24H30O9/c1-14-9-7-8-10-15(2)22(27)32-19-18(31-21(14)26)17(13-25)30-24(29-3)20(19)33-23(28)16-11-5-4-6-12-16/h4-8,11-12,14-15,17-20,24-25H,9-10,13H2,1-3H3/t14-,15-,17-,18-,19+,20+,24+/m1/s1. The number of carbonyl (C=O) groups is 3. The fourth-order valence-electron chi connectivity index (χ4n) is 3.68. The molecule has 1 aromatic rings. The normalized spacial score (nSPS) is 33.0. The summed E-state index contributed by atoms with van der Waals surface area (Å²) < 4.78 is 28.1. The van der Waals surface area contributed by atoms with Crippen LogP contribution in [0.1, 0.15) is 37.0 Å². The molecular weight excluding hydrogens is 432 g/mol.